The molecule has 0 atom stereocenters. The summed E-state index contributed by atoms with van der Waals surface area (Å²) < 4.78 is 0. The molecule has 0 aliphatic carbocycles. The van der Waals surface area contributed by atoms with Gasteiger partial charge < -0.3 is 10.6 Å². The van der Waals surface area contributed by atoms with E-state index in [0.717, 1.165) is 16.4 Å². The van der Waals surface area contributed by atoms with E-state index in [1.807, 2.05) is 36.2 Å². The Labute approximate surface area is 92.4 Å². The van der Waals surface area contributed by atoms with Gasteiger partial charge in [0.25, 0.3) is 0 Å². The van der Waals surface area contributed by atoms with E-state index in [4.69, 9.17) is 5.73 Å². The minimum absolute atomic E-state index is 0.572. The molecule has 1 aromatic heterocycles. The largest absolute Gasteiger partial charge is 0.326 e. The van der Waals surface area contributed by atoms with Gasteiger partial charge in [-0.15, -0.1) is 10.2 Å². The summed E-state index contributed by atoms with van der Waals surface area (Å²) in [7, 11) is 1.97. The highest BCUT2D eigenvalue weighted by atomic mass is 32.1. The highest BCUT2D eigenvalue weighted by molar-refractivity contribution is 7.13. The monoisotopic (exact) mass is 220 g/mol. The zero-order chi connectivity index (χ0) is 10.7. The molecule has 0 fully saturated rings. The molecule has 0 saturated heterocycles. The molecule has 0 amide bonds. The summed E-state index contributed by atoms with van der Waals surface area (Å²) in [6, 6.07) is 8.10. The first-order valence-corrected chi connectivity index (χ1v) is 5.48. The van der Waals surface area contributed by atoms with Gasteiger partial charge in [-0.2, -0.15) is 0 Å². The van der Waals surface area contributed by atoms with Crippen molar-refractivity contribution in [3.63, 3.8) is 0 Å². The van der Waals surface area contributed by atoms with E-state index in [1.54, 1.807) is 5.51 Å². The van der Waals surface area contributed by atoms with Crippen molar-refractivity contribution in [2.75, 3.05) is 11.9 Å². The van der Waals surface area contributed by atoms with E-state index in [2.05, 4.69) is 10.2 Å². The van der Waals surface area contributed by atoms with Crippen LogP contribution in [0.3, 0.4) is 0 Å². The molecule has 15 heavy (non-hydrogen) atoms. The molecular formula is C10H12N4S. The Kier molecular flexibility index (Phi) is 2.94. The second kappa shape index (κ2) is 4.37. The number of anilines is 2. The van der Waals surface area contributed by atoms with E-state index < -0.39 is 0 Å². The van der Waals surface area contributed by atoms with Crippen LogP contribution in [0.4, 0.5) is 10.8 Å². The van der Waals surface area contributed by atoms with Gasteiger partial charge in [0.15, 0.2) is 0 Å². The molecule has 2 aromatic rings. The fraction of sp³-hybridized carbons (Fsp3) is 0.200. The molecule has 2 rings (SSSR count). The van der Waals surface area contributed by atoms with E-state index in [-0.39, 0.29) is 0 Å². The molecule has 0 unspecified atom stereocenters. The summed E-state index contributed by atoms with van der Waals surface area (Å²) >= 11 is 1.51. The van der Waals surface area contributed by atoms with Crippen LogP contribution in [0.15, 0.2) is 29.8 Å². The number of nitrogens with two attached hydrogens (primary N) is 1. The topological polar surface area (TPSA) is 55.0 Å². The van der Waals surface area contributed by atoms with Crippen molar-refractivity contribution in [3.05, 3.63) is 35.3 Å². The zero-order valence-corrected chi connectivity index (χ0v) is 9.24. The lowest BCUT2D eigenvalue weighted by Gasteiger charge is -2.15. The predicted molar refractivity (Wildman–Crippen MR) is 62.3 cm³/mol. The van der Waals surface area contributed by atoms with Gasteiger partial charge in [-0.1, -0.05) is 23.5 Å². The smallest absolute Gasteiger partial charge is 0.212 e. The highest BCUT2D eigenvalue weighted by Crippen LogP contribution is 2.24. The first kappa shape index (κ1) is 10.1. The molecule has 4 nitrogen and oxygen atoms in total. The second-order valence-corrected chi connectivity index (χ2v) is 3.96. The zero-order valence-electron chi connectivity index (χ0n) is 8.42. The molecule has 0 spiro atoms. The first-order valence-electron chi connectivity index (χ1n) is 4.60. The van der Waals surface area contributed by atoms with Gasteiger partial charge in [0.2, 0.25) is 5.13 Å². The number of rotatable bonds is 3. The van der Waals surface area contributed by atoms with Gasteiger partial charge >= 0.3 is 0 Å². The van der Waals surface area contributed by atoms with E-state index in [0.29, 0.717) is 6.54 Å². The summed E-state index contributed by atoms with van der Waals surface area (Å²) in [4.78, 5) is 2.00. The standard InChI is InChI=1S/C10H12N4S/c1-14(10-13-12-7-15-10)9-4-2-8(6-11)3-5-9/h2-5,7H,6,11H2,1H3. The molecule has 2 N–H and O–H groups in total. The van der Waals surface area contributed by atoms with Gasteiger partial charge in [0.05, 0.1) is 0 Å². The minimum Gasteiger partial charge on any atom is -0.326 e. The van der Waals surface area contributed by atoms with Gasteiger partial charge in [-0.3, -0.25) is 0 Å². The Morgan fingerprint density at radius 1 is 1.33 bits per heavy atom. The average Bonchev–Trinajstić information content (AvgIpc) is 2.82. The molecule has 5 heteroatoms. The normalized spacial score (nSPS) is 10.3. The van der Waals surface area contributed by atoms with Crippen molar-refractivity contribution >= 4 is 22.2 Å². The van der Waals surface area contributed by atoms with Crippen LogP contribution in [0.25, 0.3) is 0 Å². The van der Waals surface area contributed by atoms with Crippen molar-refractivity contribution in [3.8, 4) is 0 Å². The van der Waals surface area contributed by atoms with E-state index >= 15 is 0 Å². The summed E-state index contributed by atoms with van der Waals surface area (Å²) in [5.41, 5.74) is 9.48. The van der Waals surface area contributed by atoms with Gasteiger partial charge in [0, 0.05) is 19.3 Å². The van der Waals surface area contributed by atoms with Crippen LogP contribution in [0.5, 0.6) is 0 Å². The van der Waals surface area contributed by atoms with Crippen LogP contribution in [0.1, 0.15) is 5.56 Å². The van der Waals surface area contributed by atoms with Crippen molar-refractivity contribution < 1.29 is 0 Å². The van der Waals surface area contributed by atoms with Crippen molar-refractivity contribution in [2.24, 2.45) is 5.73 Å². The SMILES string of the molecule is CN(c1ccc(CN)cc1)c1nncs1. The number of benzene rings is 1. The fourth-order valence-electron chi connectivity index (χ4n) is 1.28. The Hall–Kier alpha value is -1.46. The lowest BCUT2D eigenvalue weighted by molar-refractivity contribution is 1.04. The molecular weight excluding hydrogens is 208 g/mol. The van der Waals surface area contributed by atoms with Gasteiger partial charge in [-0.05, 0) is 17.7 Å². The highest BCUT2D eigenvalue weighted by Gasteiger charge is 2.06. The molecule has 0 aliphatic heterocycles. The third-order valence-corrected chi connectivity index (χ3v) is 2.96. The van der Waals surface area contributed by atoms with E-state index in [1.165, 1.54) is 11.3 Å². The third-order valence-electron chi connectivity index (χ3n) is 2.19. The van der Waals surface area contributed by atoms with Crippen LogP contribution >= 0.6 is 11.3 Å². The number of hydrogen-bond acceptors (Lipinski definition) is 5. The molecule has 1 heterocycles. The van der Waals surface area contributed by atoms with Crippen LogP contribution in [0, 0.1) is 0 Å². The number of nitrogens with zero attached hydrogens (tertiary/aromatic N) is 3. The maximum atomic E-state index is 5.54. The van der Waals surface area contributed by atoms with Crippen LogP contribution in [-0.2, 0) is 6.54 Å². The fourth-order valence-corrected chi connectivity index (χ4v) is 1.83. The lowest BCUT2D eigenvalue weighted by Crippen LogP contribution is -2.09. The predicted octanol–water partition coefficient (Wildman–Crippen LogP) is 1.76. The molecule has 1 aromatic carbocycles. The van der Waals surface area contributed by atoms with Crippen LogP contribution in [-0.4, -0.2) is 17.2 Å². The Morgan fingerprint density at radius 3 is 2.60 bits per heavy atom. The maximum absolute atomic E-state index is 5.54. The molecule has 0 aliphatic rings. The van der Waals surface area contributed by atoms with Gasteiger partial charge in [-0.25, -0.2) is 0 Å². The van der Waals surface area contributed by atoms with Crippen molar-refractivity contribution in [1.82, 2.24) is 10.2 Å². The molecule has 0 saturated carbocycles. The Balaban J connectivity index is 2.22. The van der Waals surface area contributed by atoms with Crippen LogP contribution in [0.2, 0.25) is 0 Å². The first-order chi connectivity index (χ1) is 7.31. The van der Waals surface area contributed by atoms with E-state index in [9.17, 15) is 0 Å². The number of aromatic nitrogens is 2. The maximum Gasteiger partial charge on any atom is 0.212 e. The summed E-state index contributed by atoms with van der Waals surface area (Å²) in [6.45, 7) is 0.572. The summed E-state index contributed by atoms with van der Waals surface area (Å²) in [5.74, 6) is 0. The van der Waals surface area contributed by atoms with Crippen LogP contribution < -0.4 is 10.6 Å². The average molecular weight is 220 g/mol. The third kappa shape index (κ3) is 2.14. The van der Waals surface area contributed by atoms with Gasteiger partial charge in [0.1, 0.15) is 5.51 Å². The second-order valence-electron chi connectivity index (χ2n) is 3.15. The molecule has 0 radical (unpaired) electrons. The lowest BCUT2D eigenvalue weighted by atomic mass is 10.2. The van der Waals surface area contributed by atoms with Crippen molar-refractivity contribution in [2.45, 2.75) is 6.54 Å². The summed E-state index contributed by atoms with van der Waals surface area (Å²) in [6.07, 6.45) is 0. The number of hydrogen-bond donors (Lipinski definition) is 1. The molecule has 78 valence electrons. The molecule has 0 bridgehead atoms. The van der Waals surface area contributed by atoms with Crippen molar-refractivity contribution in [1.29, 1.82) is 0 Å². The Bertz CT molecular complexity index is 409. The minimum atomic E-state index is 0.572. The quantitative estimate of drug-likeness (QED) is 0.856. The summed E-state index contributed by atoms with van der Waals surface area (Å²) in [5, 5.41) is 8.70. The Morgan fingerprint density at radius 2 is 2.07 bits per heavy atom.